The number of ether oxygens (including phenoxy) is 2. The highest BCUT2D eigenvalue weighted by atomic mass is 28.4. The molecule has 1 aliphatic carbocycles. The number of benzene rings is 1. The number of hydrogen-bond donors (Lipinski definition) is 1. The Morgan fingerprint density at radius 3 is 2.53 bits per heavy atom. The van der Waals surface area contributed by atoms with Crippen LogP contribution in [0.4, 0.5) is 0 Å². The van der Waals surface area contributed by atoms with Crippen molar-refractivity contribution in [1.82, 2.24) is 0 Å². The van der Waals surface area contributed by atoms with E-state index in [2.05, 4.69) is 40.4 Å². The fourth-order valence-electron chi connectivity index (χ4n) is 4.81. The molecule has 0 aromatic heterocycles. The highest BCUT2D eigenvalue weighted by Gasteiger charge is 2.59. The molecule has 3 rings (SSSR count). The van der Waals surface area contributed by atoms with E-state index in [1.807, 2.05) is 37.3 Å². The van der Waals surface area contributed by atoms with Gasteiger partial charge < -0.3 is 19.0 Å². The minimum absolute atomic E-state index is 0.0512. The van der Waals surface area contributed by atoms with E-state index in [0.29, 0.717) is 18.6 Å². The molecule has 1 aromatic carbocycles. The Hall–Kier alpha value is -2.38. The molecule has 34 heavy (non-hydrogen) atoms. The van der Waals surface area contributed by atoms with Gasteiger partial charge in [-0.05, 0) is 42.5 Å². The molecule has 0 bridgehead atoms. The van der Waals surface area contributed by atoms with Crippen LogP contribution in [0.25, 0.3) is 0 Å². The third-order valence-electron chi connectivity index (χ3n) is 7.79. The van der Waals surface area contributed by atoms with E-state index in [1.54, 1.807) is 6.08 Å². The van der Waals surface area contributed by atoms with Gasteiger partial charge in [-0.2, -0.15) is 0 Å². The largest absolute Gasteiger partial charge is 0.489 e. The molecule has 0 saturated heterocycles. The van der Waals surface area contributed by atoms with Crippen LogP contribution in [0.15, 0.2) is 54.8 Å². The average molecular weight is 487 g/mol. The molecule has 1 saturated carbocycles. The second-order valence-electron chi connectivity index (χ2n) is 11.1. The number of rotatable bonds is 8. The summed E-state index contributed by atoms with van der Waals surface area (Å²) >= 11 is 0. The molecule has 7 heteroatoms. The van der Waals surface area contributed by atoms with Gasteiger partial charge in [0, 0.05) is 5.92 Å². The number of carbonyl (C=O) groups excluding carboxylic acids is 1. The Morgan fingerprint density at radius 1 is 1.32 bits per heavy atom. The molecular weight excluding hydrogens is 448 g/mol. The third kappa shape index (κ3) is 5.15. The van der Waals surface area contributed by atoms with Crippen molar-refractivity contribution in [2.45, 2.75) is 77.0 Å². The van der Waals surface area contributed by atoms with E-state index < -0.39 is 43.8 Å². The summed E-state index contributed by atoms with van der Waals surface area (Å²) in [5.74, 6) is -2.07. The lowest BCUT2D eigenvalue weighted by molar-refractivity contribution is -0.173. The van der Waals surface area contributed by atoms with E-state index in [1.165, 1.54) is 6.08 Å². The predicted molar refractivity (Wildman–Crippen MR) is 133 cm³/mol. The van der Waals surface area contributed by atoms with Crippen LogP contribution in [0.5, 0.6) is 0 Å². The van der Waals surface area contributed by atoms with Crippen molar-refractivity contribution in [2.75, 3.05) is 0 Å². The number of carbonyl (C=O) groups is 2. The smallest absolute Gasteiger partial charge is 0.335 e. The van der Waals surface area contributed by atoms with Crippen molar-refractivity contribution in [3.63, 3.8) is 0 Å². The highest BCUT2D eigenvalue weighted by Crippen LogP contribution is 2.52. The maximum Gasteiger partial charge on any atom is 0.335 e. The van der Waals surface area contributed by atoms with Crippen molar-refractivity contribution >= 4 is 20.3 Å². The lowest BCUT2D eigenvalue weighted by Gasteiger charge is -2.50. The van der Waals surface area contributed by atoms with E-state index >= 15 is 0 Å². The Labute approximate surface area is 204 Å². The monoisotopic (exact) mass is 486 g/mol. The van der Waals surface area contributed by atoms with E-state index in [0.717, 1.165) is 5.56 Å². The predicted octanol–water partition coefficient (Wildman–Crippen LogP) is 5.71. The topological polar surface area (TPSA) is 82.1 Å². The standard InChI is InChI=1S/C27H38O6Si/c1-8-22(33-34(6,7)26(3,4)5)21-14-20(25(29)30)18(2)16-27(21)23(15-24(28)32-27)31-17-19-12-10-9-11-13-19/h8-13,15,18,20-22H,1,14,16-17H2,2-7H3,(H,29,30)/t18-,20+,21+,22?,27+/m1/s1. The molecule has 0 amide bonds. The molecule has 2 aliphatic rings. The van der Waals surface area contributed by atoms with Gasteiger partial charge in [-0.3, -0.25) is 4.79 Å². The van der Waals surface area contributed by atoms with Gasteiger partial charge in [-0.25, -0.2) is 4.79 Å². The van der Waals surface area contributed by atoms with Crippen LogP contribution in [0, 0.1) is 17.8 Å². The molecule has 5 atom stereocenters. The summed E-state index contributed by atoms with van der Waals surface area (Å²) in [6, 6.07) is 9.72. The molecule has 186 valence electrons. The van der Waals surface area contributed by atoms with Gasteiger partial charge in [0.25, 0.3) is 0 Å². The van der Waals surface area contributed by atoms with Crippen LogP contribution in [-0.4, -0.2) is 37.1 Å². The first kappa shape index (κ1) is 26.2. The van der Waals surface area contributed by atoms with Crippen molar-refractivity contribution in [1.29, 1.82) is 0 Å². The van der Waals surface area contributed by atoms with Gasteiger partial charge in [0.1, 0.15) is 12.4 Å². The molecule has 1 aromatic rings. The molecule has 1 fully saturated rings. The Balaban J connectivity index is 2.00. The van der Waals surface area contributed by atoms with Gasteiger partial charge in [0.2, 0.25) is 0 Å². The van der Waals surface area contributed by atoms with Gasteiger partial charge in [-0.1, -0.05) is 64.1 Å². The highest BCUT2D eigenvalue weighted by molar-refractivity contribution is 6.74. The first-order chi connectivity index (χ1) is 15.8. The molecule has 1 N–H and O–H groups in total. The summed E-state index contributed by atoms with van der Waals surface area (Å²) in [5.41, 5.74) is -0.113. The van der Waals surface area contributed by atoms with Crippen LogP contribution in [-0.2, 0) is 30.1 Å². The minimum atomic E-state index is -2.24. The summed E-state index contributed by atoms with van der Waals surface area (Å²) in [6.45, 7) is 17.0. The number of aliphatic carboxylic acids is 1. The van der Waals surface area contributed by atoms with Crippen molar-refractivity contribution in [3.05, 3.63) is 60.4 Å². The lowest BCUT2D eigenvalue weighted by Crippen LogP contribution is -2.56. The van der Waals surface area contributed by atoms with Crippen LogP contribution in [0.1, 0.15) is 46.1 Å². The van der Waals surface area contributed by atoms with Crippen LogP contribution < -0.4 is 0 Å². The van der Waals surface area contributed by atoms with Gasteiger partial charge in [0.05, 0.1) is 18.1 Å². The summed E-state index contributed by atoms with van der Waals surface area (Å²) in [7, 11) is -2.24. The normalized spacial score (nSPS) is 28.2. The maximum absolute atomic E-state index is 12.6. The van der Waals surface area contributed by atoms with Crippen LogP contribution >= 0.6 is 0 Å². The fraction of sp³-hybridized carbons (Fsp3) is 0.556. The van der Waals surface area contributed by atoms with E-state index in [4.69, 9.17) is 13.9 Å². The molecule has 1 spiro atoms. The number of esters is 1. The van der Waals surface area contributed by atoms with Crippen LogP contribution in [0.3, 0.4) is 0 Å². The third-order valence-corrected chi connectivity index (χ3v) is 12.3. The van der Waals surface area contributed by atoms with E-state index in [-0.39, 0.29) is 17.6 Å². The zero-order valence-corrected chi connectivity index (χ0v) is 22.2. The lowest BCUT2D eigenvalue weighted by atomic mass is 9.63. The van der Waals surface area contributed by atoms with Crippen molar-refractivity contribution in [2.24, 2.45) is 17.8 Å². The quantitative estimate of drug-likeness (QED) is 0.288. The molecule has 1 heterocycles. The first-order valence-electron chi connectivity index (χ1n) is 12.0. The van der Waals surface area contributed by atoms with Gasteiger partial charge in [0.15, 0.2) is 13.9 Å². The zero-order valence-electron chi connectivity index (χ0n) is 21.2. The second kappa shape index (κ2) is 9.70. The van der Waals surface area contributed by atoms with Crippen molar-refractivity contribution in [3.8, 4) is 0 Å². The number of hydrogen-bond acceptors (Lipinski definition) is 5. The molecule has 1 aliphatic heterocycles. The van der Waals surface area contributed by atoms with Crippen molar-refractivity contribution < 1.29 is 28.6 Å². The van der Waals surface area contributed by atoms with Gasteiger partial charge >= 0.3 is 11.9 Å². The summed E-state index contributed by atoms with van der Waals surface area (Å²) in [4.78, 5) is 24.7. The molecule has 0 radical (unpaired) electrons. The van der Waals surface area contributed by atoms with Gasteiger partial charge in [-0.15, -0.1) is 6.58 Å². The number of carboxylic acid groups (broad SMARTS) is 1. The first-order valence-corrected chi connectivity index (χ1v) is 14.9. The number of carboxylic acids is 1. The SMILES string of the molecule is C=CC(O[Si](C)(C)C(C)(C)C)[C@@H]1C[C@H](C(=O)O)[C@H](C)C[C@]12OC(=O)C=C2OCc1ccccc1. The Morgan fingerprint density at radius 2 is 1.97 bits per heavy atom. The zero-order chi connectivity index (χ0) is 25.3. The minimum Gasteiger partial charge on any atom is -0.489 e. The summed E-state index contributed by atoms with van der Waals surface area (Å²) in [5, 5.41) is 9.88. The molecule has 1 unspecified atom stereocenters. The van der Waals surface area contributed by atoms with Crippen LogP contribution in [0.2, 0.25) is 18.1 Å². The fourth-order valence-corrected chi connectivity index (χ4v) is 6.11. The maximum atomic E-state index is 12.6. The average Bonchev–Trinajstić information content (AvgIpc) is 3.05. The summed E-state index contributed by atoms with van der Waals surface area (Å²) in [6.07, 6.45) is 3.33. The Kier molecular flexibility index (Phi) is 7.48. The molecule has 6 nitrogen and oxygen atoms in total. The van der Waals surface area contributed by atoms with E-state index in [9.17, 15) is 14.7 Å². The second-order valence-corrected chi connectivity index (χ2v) is 15.9. The Bertz CT molecular complexity index is 948. The summed E-state index contributed by atoms with van der Waals surface area (Å²) < 4.78 is 19.0. The molecular formula is C27H38O6Si.